The predicted molar refractivity (Wildman–Crippen MR) is 57.0 cm³/mol. The van der Waals surface area contributed by atoms with Gasteiger partial charge in [-0.2, -0.15) is 5.10 Å². The van der Waals surface area contributed by atoms with Crippen molar-refractivity contribution in [3.05, 3.63) is 11.9 Å². The number of rotatable bonds is 5. The smallest absolute Gasteiger partial charge is 0.273 e. The molecule has 1 aromatic rings. The number of nitrogens with two attached hydrogens (primary N) is 1. The molecule has 7 nitrogen and oxygen atoms in total. The molecule has 0 bridgehead atoms. The van der Waals surface area contributed by atoms with Crippen LogP contribution in [0, 0.1) is 0 Å². The number of sulfone groups is 1. The van der Waals surface area contributed by atoms with E-state index in [0.717, 1.165) is 6.26 Å². The minimum absolute atomic E-state index is 0.00370. The van der Waals surface area contributed by atoms with Gasteiger partial charge in [0, 0.05) is 6.26 Å². The third-order valence-corrected chi connectivity index (χ3v) is 2.80. The van der Waals surface area contributed by atoms with Crippen molar-refractivity contribution >= 4 is 15.7 Å². The lowest BCUT2D eigenvalue weighted by molar-refractivity contribution is 0.0992. The van der Waals surface area contributed by atoms with E-state index >= 15 is 0 Å². The van der Waals surface area contributed by atoms with Crippen LogP contribution in [0.4, 0.5) is 0 Å². The Balaban J connectivity index is 2.87. The van der Waals surface area contributed by atoms with Crippen molar-refractivity contribution in [2.75, 3.05) is 19.1 Å². The summed E-state index contributed by atoms with van der Waals surface area (Å²) in [6, 6.07) is 0. The summed E-state index contributed by atoms with van der Waals surface area (Å²) in [7, 11) is -1.69. The highest BCUT2D eigenvalue weighted by molar-refractivity contribution is 7.90. The zero-order valence-electron chi connectivity index (χ0n) is 9.00. The van der Waals surface area contributed by atoms with E-state index in [4.69, 9.17) is 10.5 Å². The van der Waals surface area contributed by atoms with Crippen molar-refractivity contribution in [3.63, 3.8) is 0 Å². The van der Waals surface area contributed by atoms with Crippen molar-refractivity contribution in [1.29, 1.82) is 0 Å². The maximum atomic E-state index is 10.9. The second-order valence-corrected chi connectivity index (χ2v) is 5.56. The van der Waals surface area contributed by atoms with E-state index in [9.17, 15) is 13.2 Å². The van der Waals surface area contributed by atoms with Crippen LogP contribution in [0.5, 0.6) is 5.75 Å². The van der Waals surface area contributed by atoms with Crippen LogP contribution in [-0.2, 0) is 16.4 Å². The summed E-state index contributed by atoms with van der Waals surface area (Å²) in [6.07, 6.45) is 2.56. The molecule has 0 spiro atoms. The molecule has 90 valence electrons. The summed E-state index contributed by atoms with van der Waals surface area (Å²) < 4.78 is 28.1. The van der Waals surface area contributed by atoms with Crippen LogP contribution in [0.1, 0.15) is 10.5 Å². The molecule has 1 heterocycles. The summed E-state index contributed by atoms with van der Waals surface area (Å²) in [5.74, 6) is -0.535. The molecule has 1 aromatic heterocycles. The monoisotopic (exact) mass is 247 g/mol. The quantitative estimate of drug-likeness (QED) is 0.721. The Hall–Kier alpha value is -1.57. The standard InChI is InChI=1S/C8H13N3O4S/c1-15-6-5-11(3-4-16(2,13)14)10-7(6)8(9)12/h5H,3-4H2,1-2H3,(H2,9,12). The second kappa shape index (κ2) is 4.52. The summed E-state index contributed by atoms with van der Waals surface area (Å²) in [6.45, 7) is 0.155. The van der Waals surface area contributed by atoms with Crippen LogP contribution in [0.3, 0.4) is 0 Å². The number of hydrogen-bond donors (Lipinski definition) is 1. The molecule has 1 rings (SSSR count). The Kier molecular flexibility index (Phi) is 3.53. The first-order valence-electron chi connectivity index (χ1n) is 4.42. The van der Waals surface area contributed by atoms with Gasteiger partial charge in [-0.1, -0.05) is 0 Å². The Morgan fingerprint density at radius 3 is 2.62 bits per heavy atom. The third kappa shape index (κ3) is 3.23. The highest BCUT2D eigenvalue weighted by atomic mass is 32.2. The largest absolute Gasteiger partial charge is 0.493 e. The molecular formula is C8H13N3O4S. The number of carbonyl (C=O) groups is 1. The van der Waals surface area contributed by atoms with Crippen molar-refractivity contribution in [1.82, 2.24) is 9.78 Å². The van der Waals surface area contributed by atoms with Crippen LogP contribution in [0.25, 0.3) is 0 Å². The van der Waals surface area contributed by atoms with E-state index in [1.54, 1.807) is 0 Å². The molecule has 0 radical (unpaired) electrons. The summed E-state index contributed by atoms with van der Waals surface area (Å²) in [4.78, 5) is 10.9. The Morgan fingerprint density at radius 2 is 2.25 bits per heavy atom. The maximum Gasteiger partial charge on any atom is 0.273 e. The van der Waals surface area contributed by atoms with Gasteiger partial charge in [0.15, 0.2) is 11.4 Å². The number of ether oxygens (including phenoxy) is 1. The number of methoxy groups -OCH3 is 1. The molecule has 0 aliphatic heterocycles. The summed E-state index contributed by atoms with van der Waals surface area (Å²) in [5.41, 5.74) is 5.07. The predicted octanol–water partition coefficient (Wildman–Crippen LogP) is -0.965. The normalized spacial score (nSPS) is 11.4. The van der Waals surface area contributed by atoms with Crippen molar-refractivity contribution in [2.24, 2.45) is 5.73 Å². The molecule has 0 saturated heterocycles. The van der Waals surface area contributed by atoms with Crippen molar-refractivity contribution in [2.45, 2.75) is 6.54 Å². The van der Waals surface area contributed by atoms with E-state index in [-0.39, 0.29) is 23.7 Å². The molecule has 0 aliphatic carbocycles. The van der Waals surface area contributed by atoms with Gasteiger partial charge in [-0.25, -0.2) is 8.42 Å². The fourth-order valence-electron chi connectivity index (χ4n) is 1.10. The molecular weight excluding hydrogens is 234 g/mol. The molecule has 1 amide bonds. The van der Waals surface area contributed by atoms with Gasteiger partial charge in [-0.3, -0.25) is 9.48 Å². The molecule has 0 unspecified atom stereocenters. The maximum absolute atomic E-state index is 10.9. The molecule has 0 aliphatic rings. The number of aryl methyl sites for hydroxylation is 1. The number of amides is 1. The number of carbonyl (C=O) groups excluding carboxylic acids is 1. The SMILES string of the molecule is COc1cn(CCS(C)(=O)=O)nc1C(N)=O. The molecule has 0 saturated carbocycles. The van der Waals surface area contributed by atoms with Gasteiger partial charge in [0.2, 0.25) is 0 Å². The number of primary amides is 1. The first-order valence-corrected chi connectivity index (χ1v) is 6.48. The van der Waals surface area contributed by atoms with Crippen LogP contribution >= 0.6 is 0 Å². The lowest BCUT2D eigenvalue weighted by Crippen LogP contribution is -2.15. The number of hydrogen-bond acceptors (Lipinski definition) is 5. The van der Waals surface area contributed by atoms with Crippen LogP contribution < -0.4 is 10.5 Å². The van der Waals surface area contributed by atoms with Gasteiger partial charge in [0.05, 0.1) is 25.6 Å². The molecule has 2 N–H and O–H groups in total. The minimum atomic E-state index is -3.07. The first kappa shape index (κ1) is 12.5. The Bertz CT molecular complexity index is 491. The Morgan fingerprint density at radius 1 is 1.62 bits per heavy atom. The van der Waals surface area contributed by atoms with E-state index in [1.165, 1.54) is 18.0 Å². The average molecular weight is 247 g/mol. The summed E-state index contributed by atoms with van der Waals surface area (Å²) in [5, 5.41) is 3.84. The number of aromatic nitrogens is 2. The van der Waals surface area contributed by atoms with E-state index in [2.05, 4.69) is 5.10 Å². The average Bonchev–Trinajstić information content (AvgIpc) is 2.56. The van der Waals surface area contributed by atoms with Gasteiger partial charge >= 0.3 is 0 Å². The van der Waals surface area contributed by atoms with Gasteiger partial charge in [0.1, 0.15) is 9.84 Å². The zero-order chi connectivity index (χ0) is 12.3. The minimum Gasteiger partial charge on any atom is -0.493 e. The van der Waals surface area contributed by atoms with E-state index in [1.807, 2.05) is 0 Å². The molecule has 16 heavy (non-hydrogen) atoms. The topological polar surface area (TPSA) is 104 Å². The van der Waals surface area contributed by atoms with Gasteiger partial charge in [0.25, 0.3) is 5.91 Å². The van der Waals surface area contributed by atoms with Gasteiger partial charge < -0.3 is 10.5 Å². The van der Waals surface area contributed by atoms with Gasteiger partial charge in [-0.15, -0.1) is 0 Å². The fourth-order valence-corrected chi connectivity index (χ4v) is 1.62. The highest BCUT2D eigenvalue weighted by Gasteiger charge is 2.15. The van der Waals surface area contributed by atoms with Crippen LogP contribution in [0.2, 0.25) is 0 Å². The lowest BCUT2D eigenvalue weighted by Gasteiger charge is -1.98. The highest BCUT2D eigenvalue weighted by Crippen LogP contribution is 2.15. The fraction of sp³-hybridized carbons (Fsp3) is 0.500. The number of nitrogens with zero attached hydrogens (tertiary/aromatic N) is 2. The summed E-state index contributed by atoms with van der Waals surface area (Å²) >= 11 is 0. The molecule has 0 aromatic carbocycles. The molecule has 8 heteroatoms. The second-order valence-electron chi connectivity index (χ2n) is 3.30. The van der Waals surface area contributed by atoms with E-state index in [0.29, 0.717) is 0 Å². The first-order chi connectivity index (χ1) is 7.33. The van der Waals surface area contributed by atoms with Crippen LogP contribution in [-0.4, -0.2) is 43.2 Å². The van der Waals surface area contributed by atoms with Crippen molar-refractivity contribution in [3.8, 4) is 5.75 Å². The third-order valence-electron chi connectivity index (χ3n) is 1.87. The molecule has 0 fully saturated rings. The van der Waals surface area contributed by atoms with E-state index < -0.39 is 15.7 Å². The zero-order valence-corrected chi connectivity index (χ0v) is 9.82. The van der Waals surface area contributed by atoms with Crippen LogP contribution in [0.15, 0.2) is 6.20 Å². The lowest BCUT2D eigenvalue weighted by atomic mass is 10.4. The van der Waals surface area contributed by atoms with Gasteiger partial charge in [-0.05, 0) is 0 Å². The molecule has 0 atom stereocenters. The Labute approximate surface area is 93.1 Å². The van der Waals surface area contributed by atoms with Crippen molar-refractivity contribution < 1.29 is 17.9 Å².